The summed E-state index contributed by atoms with van der Waals surface area (Å²) in [4.78, 5) is 20.7. The maximum absolute atomic E-state index is 10.6. The molecule has 1 atom stereocenters. The maximum atomic E-state index is 10.6. The second-order valence-electron chi connectivity index (χ2n) is 2.01. The van der Waals surface area contributed by atoms with Gasteiger partial charge in [0.25, 0.3) is 0 Å². The zero-order chi connectivity index (χ0) is 8.85. The van der Waals surface area contributed by atoms with E-state index in [0.717, 1.165) is 0 Å². The van der Waals surface area contributed by atoms with E-state index in [1.165, 1.54) is 13.8 Å². The quantitative estimate of drug-likeness (QED) is 0.441. The predicted octanol–water partition coefficient (Wildman–Crippen LogP) is -0.603. The molecule has 0 unspecified atom stereocenters. The lowest BCUT2D eigenvalue weighted by atomic mass is 10.4. The van der Waals surface area contributed by atoms with E-state index in [-0.39, 0.29) is 6.79 Å². The van der Waals surface area contributed by atoms with Gasteiger partial charge in [0.15, 0.2) is 0 Å². The molecule has 5 nitrogen and oxygen atoms in total. The number of ether oxygens (including phenoxy) is 2. The van der Waals surface area contributed by atoms with E-state index in [1.807, 2.05) is 0 Å². The molecular formula is C6H11NO4. The molecule has 0 aliphatic rings. The van der Waals surface area contributed by atoms with E-state index in [0.29, 0.717) is 0 Å². The molecule has 0 aliphatic carbocycles. The summed E-state index contributed by atoms with van der Waals surface area (Å²) in [5.74, 6) is -1.09. The van der Waals surface area contributed by atoms with Crippen LogP contribution < -0.4 is 5.73 Å². The molecular weight excluding hydrogens is 150 g/mol. The summed E-state index contributed by atoms with van der Waals surface area (Å²) in [5, 5.41) is 0. The molecule has 64 valence electrons. The van der Waals surface area contributed by atoms with E-state index >= 15 is 0 Å². The van der Waals surface area contributed by atoms with Gasteiger partial charge in [-0.2, -0.15) is 0 Å². The van der Waals surface area contributed by atoms with Crippen molar-refractivity contribution in [3.8, 4) is 0 Å². The van der Waals surface area contributed by atoms with Crippen molar-refractivity contribution in [3.63, 3.8) is 0 Å². The average molecular weight is 161 g/mol. The van der Waals surface area contributed by atoms with Gasteiger partial charge in [-0.15, -0.1) is 0 Å². The average Bonchev–Trinajstić information content (AvgIpc) is 1.86. The Labute approximate surface area is 64.5 Å². The van der Waals surface area contributed by atoms with Crippen molar-refractivity contribution in [2.45, 2.75) is 19.9 Å². The van der Waals surface area contributed by atoms with Gasteiger partial charge in [-0.1, -0.05) is 0 Å². The molecule has 0 amide bonds. The van der Waals surface area contributed by atoms with Gasteiger partial charge in [-0.25, -0.2) is 0 Å². The minimum Gasteiger partial charge on any atom is -0.428 e. The Kier molecular flexibility index (Phi) is 4.21. The fourth-order valence-electron chi connectivity index (χ4n) is 0.302. The van der Waals surface area contributed by atoms with Gasteiger partial charge >= 0.3 is 11.9 Å². The van der Waals surface area contributed by atoms with Crippen molar-refractivity contribution in [3.05, 3.63) is 0 Å². The normalized spacial score (nSPS) is 11.9. The molecule has 0 heterocycles. The number of carbonyl (C=O) groups is 2. The van der Waals surface area contributed by atoms with Gasteiger partial charge in [-0.3, -0.25) is 9.59 Å². The first-order chi connectivity index (χ1) is 5.04. The third-order valence-corrected chi connectivity index (χ3v) is 0.835. The standard InChI is InChI=1S/C6H11NO4/c1-4(7)6(9)11-3-10-5(2)8/h4H,3,7H2,1-2H3/t4-/m0/s1. The number of hydrogen-bond acceptors (Lipinski definition) is 5. The highest BCUT2D eigenvalue weighted by Crippen LogP contribution is 1.85. The number of esters is 2. The van der Waals surface area contributed by atoms with Crippen LogP contribution in [0, 0.1) is 0 Å². The molecule has 0 aliphatic heterocycles. The van der Waals surface area contributed by atoms with Crippen LogP contribution in [0.4, 0.5) is 0 Å². The first-order valence-corrected chi connectivity index (χ1v) is 3.09. The summed E-state index contributed by atoms with van der Waals surface area (Å²) in [5.41, 5.74) is 5.14. The molecule has 11 heavy (non-hydrogen) atoms. The maximum Gasteiger partial charge on any atom is 0.325 e. The van der Waals surface area contributed by atoms with E-state index in [4.69, 9.17) is 5.73 Å². The molecule has 0 radical (unpaired) electrons. The topological polar surface area (TPSA) is 78.6 Å². The molecule has 0 aromatic carbocycles. The van der Waals surface area contributed by atoms with E-state index in [1.54, 1.807) is 0 Å². The Morgan fingerprint density at radius 1 is 1.45 bits per heavy atom. The van der Waals surface area contributed by atoms with Gasteiger partial charge in [0, 0.05) is 6.92 Å². The summed E-state index contributed by atoms with van der Waals surface area (Å²) in [6.07, 6.45) is 0. The monoisotopic (exact) mass is 161 g/mol. The lowest BCUT2D eigenvalue weighted by Crippen LogP contribution is -2.29. The summed E-state index contributed by atoms with van der Waals surface area (Å²) < 4.78 is 8.73. The molecule has 0 saturated carbocycles. The largest absolute Gasteiger partial charge is 0.428 e. The zero-order valence-corrected chi connectivity index (χ0v) is 6.49. The molecule has 0 rings (SSSR count). The molecule has 0 fully saturated rings. The zero-order valence-electron chi connectivity index (χ0n) is 6.49. The third-order valence-electron chi connectivity index (χ3n) is 0.835. The van der Waals surface area contributed by atoms with Gasteiger partial charge in [0.05, 0.1) is 0 Å². The number of hydrogen-bond donors (Lipinski definition) is 1. The minimum absolute atomic E-state index is 0.365. The van der Waals surface area contributed by atoms with Crippen LogP contribution in [0.1, 0.15) is 13.8 Å². The molecule has 0 spiro atoms. The van der Waals surface area contributed by atoms with Crippen LogP contribution >= 0.6 is 0 Å². The van der Waals surface area contributed by atoms with Gasteiger partial charge in [0.1, 0.15) is 6.04 Å². The Balaban J connectivity index is 3.39. The Morgan fingerprint density at radius 3 is 2.36 bits per heavy atom. The van der Waals surface area contributed by atoms with Gasteiger partial charge < -0.3 is 15.2 Å². The number of carbonyl (C=O) groups excluding carboxylic acids is 2. The van der Waals surface area contributed by atoms with Crippen LogP contribution in [-0.2, 0) is 19.1 Å². The summed E-state index contributed by atoms with van der Waals surface area (Å²) in [6.45, 7) is 2.34. The highest BCUT2D eigenvalue weighted by atomic mass is 16.7. The van der Waals surface area contributed by atoms with Crippen molar-refractivity contribution in [1.29, 1.82) is 0 Å². The van der Waals surface area contributed by atoms with Gasteiger partial charge in [-0.05, 0) is 6.92 Å². The second kappa shape index (κ2) is 4.68. The fourth-order valence-corrected chi connectivity index (χ4v) is 0.302. The molecule has 0 bridgehead atoms. The van der Waals surface area contributed by atoms with Crippen LogP contribution in [0.15, 0.2) is 0 Å². The fraction of sp³-hybridized carbons (Fsp3) is 0.667. The van der Waals surface area contributed by atoms with Gasteiger partial charge in [0.2, 0.25) is 6.79 Å². The molecule has 5 heteroatoms. The molecule has 0 saturated heterocycles. The van der Waals surface area contributed by atoms with Crippen LogP contribution in [0.2, 0.25) is 0 Å². The minimum atomic E-state index is -0.689. The van der Waals surface area contributed by atoms with E-state index < -0.39 is 18.0 Å². The smallest absolute Gasteiger partial charge is 0.325 e. The van der Waals surface area contributed by atoms with E-state index in [2.05, 4.69) is 9.47 Å². The number of rotatable bonds is 3. The summed E-state index contributed by atoms with van der Waals surface area (Å²) in [6, 6.07) is -0.689. The van der Waals surface area contributed by atoms with Crippen molar-refractivity contribution in [2.24, 2.45) is 5.73 Å². The highest BCUT2D eigenvalue weighted by Gasteiger charge is 2.08. The molecule has 0 aromatic heterocycles. The van der Waals surface area contributed by atoms with Crippen LogP contribution in [-0.4, -0.2) is 24.8 Å². The lowest BCUT2D eigenvalue weighted by Gasteiger charge is -2.05. The SMILES string of the molecule is CC(=O)OCOC(=O)[C@H](C)N. The Bertz CT molecular complexity index is 155. The first-order valence-electron chi connectivity index (χ1n) is 3.09. The first kappa shape index (κ1) is 9.90. The van der Waals surface area contributed by atoms with Crippen molar-refractivity contribution in [1.82, 2.24) is 0 Å². The molecule has 2 N–H and O–H groups in total. The second-order valence-corrected chi connectivity index (χ2v) is 2.01. The Morgan fingerprint density at radius 2 is 2.00 bits per heavy atom. The van der Waals surface area contributed by atoms with Crippen molar-refractivity contribution < 1.29 is 19.1 Å². The van der Waals surface area contributed by atoms with Crippen LogP contribution in [0.5, 0.6) is 0 Å². The van der Waals surface area contributed by atoms with E-state index in [9.17, 15) is 9.59 Å². The summed E-state index contributed by atoms with van der Waals surface area (Å²) in [7, 11) is 0. The highest BCUT2D eigenvalue weighted by molar-refractivity contribution is 5.75. The van der Waals surface area contributed by atoms with Crippen molar-refractivity contribution in [2.75, 3.05) is 6.79 Å². The Hall–Kier alpha value is -1.10. The third kappa shape index (κ3) is 5.35. The van der Waals surface area contributed by atoms with Crippen LogP contribution in [0.3, 0.4) is 0 Å². The molecule has 0 aromatic rings. The lowest BCUT2D eigenvalue weighted by molar-refractivity contribution is -0.166. The summed E-state index contributed by atoms with van der Waals surface area (Å²) >= 11 is 0. The predicted molar refractivity (Wildman–Crippen MR) is 36.4 cm³/mol. The van der Waals surface area contributed by atoms with Crippen molar-refractivity contribution >= 4 is 11.9 Å². The van der Waals surface area contributed by atoms with Crippen LogP contribution in [0.25, 0.3) is 0 Å². The number of nitrogens with two attached hydrogens (primary N) is 1.